The zero-order valence-corrected chi connectivity index (χ0v) is 10.5. The van der Waals surface area contributed by atoms with Crippen LogP contribution in [0, 0.1) is 11.6 Å². The molecule has 0 unspecified atom stereocenters. The molecule has 2 aromatic carbocycles. The Labute approximate surface area is 114 Å². The summed E-state index contributed by atoms with van der Waals surface area (Å²) < 4.78 is 25.9. The van der Waals surface area contributed by atoms with Crippen LogP contribution >= 0.6 is 11.6 Å². The number of carbonyl (C=O) groups excluding carboxylic acids is 1. The van der Waals surface area contributed by atoms with Crippen molar-refractivity contribution in [2.24, 2.45) is 0 Å². The summed E-state index contributed by atoms with van der Waals surface area (Å²) in [4.78, 5) is 11.7. The fraction of sp³-hybridized carbons (Fsp3) is 0.0714. The van der Waals surface area contributed by atoms with Gasteiger partial charge in [0.05, 0.1) is 0 Å². The third kappa shape index (κ3) is 3.51. The summed E-state index contributed by atoms with van der Waals surface area (Å²) in [6.07, 6.45) is 0. The molecule has 0 atom stereocenters. The van der Waals surface area contributed by atoms with Crippen molar-refractivity contribution in [3.05, 3.63) is 70.2 Å². The van der Waals surface area contributed by atoms with Crippen LogP contribution in [0.25, 0.3) is 0 Å². The molecule has 0 spiro atoms. The second-order valence-electron chi connectivity index (χ2n) is 3.93. The summed E-state index contributed by atoms with van der Waals surface area (Å²) in [6.45, 7) is 0.191. The molecule has 5 heteroatoms. The largest absolute Gasteiger partial charge is 0.348 e. The lowest BCUT2D eigenvalue weighted by molar-refractivity contribution is 0.0950. The van der Waals surface area contributed by atoms with Crippen molar-refractivity contribution < 1.29 is 13.6 Å². The van der Waals surface area contributed by atoms with Gasteiger partial charge in [-0.25, -0.2) is 8.78 Å². The lowest BCUT2D eigenvalue weighted by Crippen LogP contribution is -2.23. The van der Waals surface area contributed by atoms with Gasteiger partial charge in [-0.1, -0.05) is 29.8 Å². The van der Waals surface area contributed by atoms with Crippen molar-refractivity contribution in [1.29, 1.82) is 0 Å². The average molecular weight is 282 g/mol. The minimum Gasteiger partial charge on any atom is -0.348 e. The first-order valence-electron chi connectivity index (χ1n) is 5.54. The van der Waals surface area contributed by atoms with E-state index < -0.39 is 17.5 Å². The number of hydrogen-bond donors (Lipinski definition) is 1. The summed E-state index contributed by atoms with van der Waals surface area (Å²) in [5, 5.41) is 3.08. The van der Waals surface area contributed by atoms with Crippen LogP contribution in [0.3, 0.4) is 0 Å². The number of carbonyl (C=O) groups is 1. The molecule has 1 N–H and O–H groups in total. The molecule has 98 valence electrons. The molecule has 2 rings (SSSR count). The minimum absolute atomic E-state index is 0.0652. The molecule has 0 aromatic heterocycles. The van der Waals surface area contributed by atoms with Crippen LogP contribution in [0.2, 0.25) is 5.02 Å². The van der Waals surface area contributed by atoms with Crippen molar-refractivity contribution in [2.45, 2.75) is 6.54 Å². The smallest absolute Gasteiger partial charge is 0.251 e. The van der Waals surface area contributed by atoms with Crippen LogP contribution in [-0.2, 0) is 6.54 Å². The van der Waals surface area contributed by atoms with E-state index in [4.69, 9.17) is 11.6 Å². The van der Waals surface area contributed by atoms with E-state index in [9.17, 15) is 13.6 Å². The summed E-state index contributed by atoms with van der Waals surface area (Å²) in [5.74, 6) is -2.14. The zero-order chi connectivity index (χ0) is 13.8. The van der Waals surface area contributed by atoms with Crippen LogP contribution in [0.15, 0.2) is 42.5 Å². The maximum Gasteiger partial charge on any atom is 0.251 e. The SMILES string of the molecule is O=C(NCc1ccccc1Cl)c1cc(F)cc(F)c1. The van der Waals surface area contributed by atoms with Gasteiger partial charge in [0.25, 0.3) is 5.91 Å². The number of hydrogen-bond acceptors (Lipinski definition) is 1. The number of halogens is 3. The van der Waals surface area contributed by atoms with Crippen LogP contribution in [0.1, 0.15) is 15.9 Å². The van der Waals surface area contributed by atoms with Crippen molar-refractivity contribution in [1.82, 2.24) is 5.32 Å². The number of nitrogens with one attached hydrogen (secondary N) is 1. The predicted molar refractivity (Wildman–Crippen MR) is 69.0 cm³/mol. The van der Waals surface area contributed by atoms with E-state index in [0.29, 0.717) is 11.1 Å². The molecule has 2 nitrogen and oxygen atoms in total. The summed E-state index contributed by atoms with van der Waals surface area (Å²) >= 11 is 5.93. The lowest BCUT2D eigenvalue weighted by Gasteiger charge is -2.07. The highest BCUT2D eigenvalue weighted by Crippen LogP contribution is 2.15. The molecule has 0 heterocycles. The Balaban J connectivity index is 2.08. The summed E-state index contributed by atoms with van der Waals surface area (Å²) in [5.41, 5.74) is 0.666. The van der Waals surface area contributed by atoms with Crippen LogP contribution < -0.4 is 5.32 Å². The van der Waals surface area contributed by atoms with E-state index >= 15 is 0 Å². The van der Waals surface area contributed by atoms with E-state index in [1.165, 1.54) is 0 Å². The minimum atomic E-state index is -0.789. The zero-order valence-electron chi connectivity index (χ0n) is 9.79. The molecule has 0 fully saturated rings. The van der Waals surface area contributed by atoms with Gasteiger partial charge in [-0.3, -0.25) is 4.79 Å². The first-order chi connectivity index (χ1) is 9.06. The Hall–Kier alpha value is -1.94. The Morgan fingerprint density at radius 3 is 2.37 bits per heavy atom. The van der Waals surface area contributed by atoms with Gasteiger partial charge in [0.15, 0.2) is 0 Å². The maximum absolute atomic E-state index is 13.0. The first kappa shape index (κ1) is 13.5. The fourth-order valence-electron chi connectivity index (χ4n) is 1.60. The standard InChI is InChI=1S/C14H10ClF2NO/c15-13-4-2-1-3-9(13)8-18-14(19)10-5-11(16)7-12(17)6-10/h1-7H,8H2,(H,18,19). The second kappa shape index (κ2) is 5.80. The predicted octanol–water partition coefficient (Wildman–Crippen LogP) is 3.55. The molecule has 0 bridgehead atoms. The van der Waals surface area contributed by atoms with Crippen LogP contribution in [-0.4, -0.2) is 5.91 Å². The molecule has 19 heavy (non-hydrogen) atoms. The number of amides is 1. The summed E-state index contributed by atoms with van der Waals surface area (Å²) in [6, 6.07) is 9.69. The Bertz CT molecular complexity index is 596. The molecule has 0 aliphatic heterocycles. The van der Waals surface area contributed by atoms with E-state index in [-0.39, 0.29) is 12.1 Å². The first-order valence-corrected chi connectivity index (χ1v) is 5.92. The highest BCUT2D eigenvalue weighted by atomic mass is 35.5. The van der Waals surface area contributed by atoms with Crippen molar-refractivity contribution >= 4 is 17.5 Å². The molecule has 0 radical (unpaired) electrons. The highest BCUT2D eigenvalue weighted by molar-refractivity contribution is 6.31. The van der Waals surface area contributed by atoms with Crippen molar-refractivity contribution in [3.8, 4) is 0 Å². The Kier molecular flexibility index (Phi) is 4.12. The monoisotopic (exact) mass is 281 g/mol. The lowest BCUT2D eigenvalue weighted by atomic mass is 10.2. The molecule has 0 saturated carbocycles. The van der Waals surface area contributed by atoms with Gasteiger partial charge in [0.2, 0.25) is 0 Å². The van der Waals surface area contributed by atoms with E-state index in [1.54, 1.807) is 24.3 Å². The van der Waals surface area contributed by atoms with E-state index in [1.807, 2.05) is 0 Å². The molecular weight excluding hydrogens is 272 g/mol. The average Bonchev–Trinajstić information content (AvgIpc) is 2.36. The third-order valence-electron chi connectivity index (χ3n) is 2.52. The fourth-order valence-corrected chi connectivity index (χ4v) is 1.81. The van der Waals surface area contributed by atoms with E-state index in [2.05, 4.69) is 5.32 Å². The van der Waals surface area contributed by atoms with Gasteiger partial charge in [-0.2, -0.15) is 0 Å². The normalized spacial score (nSPS) is 10.3. The number of rotatable bonds is 3. The third-order valence-corrected chi connectivity index (χ3v) is 2.89. The molecule has 0 saturated heterocycles. The van der Waals surface area contributed by atoms with Gasteiger partial charge >= 0.3 is 0 Å². The maximum atomic E-state index is 13.0. The molecular formula is C14H10ClF2NO. The highest BCUT2D eigenvalue weighted by Gasteiger charge is 2.09. The van der Waals surface area contributed by atoms with Crippen LogP contribution in [0.5, 0.6) is 0 Å². The molecule has 0 aliphatic carbocycles. The molecule has 0 aliphatic rings. The van der Waals surface area contributed by atoms with Gasteiger partial charge in [-0.05, 0) is 23.8 Å². The van der Waals surface area contributed by atoms with Gasteiger partial charge in [-0.15, -0.1) is 0 Å². The van der Waals surface area contributed by atoms with Crippen molar-refractivity contribution in [3.63, 3.8) is 0 Å². The molecule has 1 amide bonds. The Morgan fingerprint density at radius 1 is 1.11 bits per heavy atom. The summed E-state index contributed by atoms with van der Waals surface area (Å²) in [7, 11) is 0. The second-order valence-corrected chi connectivity index (χ2v) is 4.34. The van der Waals surface area contributed by atoms with E-state index in [0.717, 1.165) is 17.7 Å². The molecule has 2 aromatic rings. The van der Waals surface area contributed by atoms with Crippen molar-refractivity contribution in [2.75, 3.05) is 0 Å². The van der Waals surface area contributed by atoms with Crippen LogP contribution in [0.4, 0.5) is 8.78 Å². The van der Waals surface area contributed by atoms with Gasteiger partial charge in [0.1, 0.15) is 11.6 Å². The Morgan fingerprint density at radius 2 is 1.74 bits per heavy atom. The van der Waals surface area contributed by atoms with Gasteiger partial charge < -0.3 is 5.32 Å². The van der Waals surface area contributed by atoms with Gasteiger partial charge in [0, 0.05) is 23.2 Å². The number of benzene rings is 2. The topological polar surface area (TPSA) is 29.1 Å². The quantitative estimate of drug-likeness (QED) is 0.916.